The lowest BCUT2D eigenvalue weighted by atomic mass is 10.1. The first-order chi connectivity index (χ1) is 25.7. The van der Waals surface area contributed by atoms with Crippen molar-refractivity contribution in [2.24, 2.45) is 0 Å². The highest BCUT2D eigenvalue weighted by atomic mass is 16.6. The van der Waals surface area contributed by atoms with Gasteiger partial charge in [-0.1, -0.05) is 167 Å². The number of alkyl carbamates (subject to hydrolysis) is 1. The van der Waals surface area contributed by atoms with Crippen LogP contribution in [0.4, 0.5) is 4.79 Å². The standard InChI is InChI=1S/C46H90N2O4/c1-4-7-10-12-14-16-18-20-22-24-26-28-30-32-34-36-41-50-43-45(44-52-46(49)48-40-39-47-38-9-6-3)51-42-37-35-33-31-29-27-25-23-21-19-17-15-13-11-8-5-2/h20-23,45,47H,4-19,24-44H2,1-3H3,(H,48,49). The van der Waals surface area contributed by atoms with Crippen molar-refractivity contribution in [3.8, 4) is 0 Å². The van der Waals surface area contributed by atoms with Crippen molar-refractivity contribution in [2.75, 3.05) is 46.1 Å². The third-order valence-electron chi connectivity index (χ3n) is 9.79. The predicted octanol–water partition coefficient (Wildman–Crippen LogP) is 13.6. The van der Waals surface area contributed by atoms with Gasteiger partial charge in [0.25, 0.3) is 0 Å². The van der Waals surface area contributed by atoms with Crippen LogP contribution in [0.5, 0.6) is 0 Å². The Bertz CT molecular complexity index is 744. The zero-order valence-electron chi connectivity index (χ0n) is 35.2. The smallest absolute Gasteiger partial charge is 0.407 e. The van der Waals surface area contributed by atoms with Gasteiger partial charge in [-0.2, -0.15) is 0 Å². The van der Waals surface area contributed by atoms with Crippen LogP contribution in [-0.2, 0) is 14.2 Å². The summed E-state index contributed by atoms with van der Waals surface area (Å²) < 4.78 is 17.7. The van der Waals surface area contributed by atoms with Gasteiger partial charge in [-0.25, -0.2) is 4.79 Å². The SMILES string of the molecule is CCCCCCCCC=CCCCCCCCCOCC(COC(=O)NCCNCCCC)OCCCCCCCCC=CCCCCCCCC. The molecule has 308 valence electrons. The molecule has 0 spiro atoms. The van der Waals surface area contributed by atoms with E-state index < -0.39 is 0 Å². The van der Waals surface area contributed by atoms with E-state index in [0.29, 0.717) is 19.8 Å². The number of nitrogens with one attached hydrogen (secondary N) is 2. The highest BCUT2D eigenvalue weighted by Gasteiger charge is 2.13. The normalized spacial score (nSPS) is 12.4. The molecule has 0 aliphatic carbocycles. The van der Waals surface area contributed by atoms with E-state index in [1.807, 2.05) is 0 Å². The quantitative estimate of drug-likeness (QED) is 0.0482. The maximum Gasteiger partial charge on any atom is 0.407 e. The number of unbranched alkanes of at least 4 members (excludes halogenated alkanes) is 25. The van der Waals surface area contributed by atoms with Gasteiger partial charge in [0.1, 0.15) is 12.7 Å². The van der Waals surface area contributed by atoms with Crippen LogP contribution < -0.4 is 10.6 Å². The van der Waals surface area contributed by atoms with Crippen molar-refractivity contribution in [1.82, 2.24) is 10.6 Å². The van der Waals surface area contributed by atoms with Crippen molar-refractivity contribution in [1.29, 1.82) is 0 Å². The minimum absolute atomic E-state index is 0.217. The van der Waals surface area contributed by atoms with Gasteiger partial charge in [0.15, 0.2) is 0 Å². The van der Waals surface area contributed by atoms with Gasteiger partial charge in [-0.05, 0) is 77.2 Å². The molecule has 0 aliphatic heterocycles. The molecule has 0 saturated heterocycles. The van der Waals surface area contributed by atoms with Crippen LogP contribution in [0.1, 0.15) is 213 Å². The van der Waals surface area contributed by atoms with Crippen LogP contribution >= 0.6 is 0 Å². The molecule has 0 heterocycles. The number of allylic oxidation sites excluding steroid dienone is 4. The van der Waals surface area contributed by atoms with Gasteiger partial charge in [-0.15, -0.1) is 0 Å². The van der Waals surface area contributed by atoms with Gasteiger partial charge in [0.05, 0.1) is 6.61 Å². The van der Waals surface area contributed by atoms with Crippen molar-refractivity contribution in [3.63, 3.8) is 0 Å². The molecule has 0 saturated carbocycles. The Morgan fingerprint density at radius 3 is 1.37 bits per heavy atom. The van der Waals surface area contributed by atoms with E-state index in [-0.39, 0.29) is 18.8 Å². The molecule has 1 atom stereocenters. The first-order valence-electron chi connectivity index (χ1n) is 22.8. The molecule has 1 amide bonds. The summed E-state index contributed by atoms with van der Waals surface area (Å²) >= 11 is 0. The molecule has 2 N–H and O–H groups in total. The Balaban J connectivity index is 4.01. The lowest BCUT2D eigenvalue weighted by Gasteiger charge is -2.18. The molecule has 0 fully saturated rings. The molecule has 6 nitrogen and oxygen atoms in total. The lowest BCUT2D eigenvalue weighted by Crippen LogP contribution is -2.35. The Labute approximate surface area is 324 Å². The summed E-state index contributed by atoms with van der Waals surface area (Å²) in [5.41, 5.74) is 0. The third-order valence-corrected chi connectivity index (χ3v) is 9.79. The summed E-state index contributed by atoms with van der Waals surface area (Å²) in [6.45, 7) is 11.2. The minimum Gasteiger partial charge on any atom is -0.447 e. The number of hydrogen-bond acceptors (Lipinski definition) is 5. The van der Waals surface area contributed by atoms with E-state index >= 15 is 0 Å². The molecule has 0 aromatic heterocycles. The van der Waals surface area contributed by atoms with Crippen molar-refractivity contribution < 1.29 is 19.0 Å². The second-order valence-electron chi connectivity index (χ2n) is 15.1. The number of rotatable bonds is 43. The van der Waals surface area contributed by atoms with Crippen LogP contribution in [0.2, 0.25) is 0 Å². The fourth-order valence-electron chi connectivity index (χ4n) is 6.31. The fraction of sp³-hybridized carbons (Fsp3) is 0.891. The van der Waals surface area contributed by atoms with Crippen molar-refractivity contribution >= 4 is 6.09 Å². The minimum atomic E-state index is -0.378. The maximum atomic E-state index is 12.2. The maximum absolute atomic E-state index is 12.2. The zero-order chi connectivity index (χ0) is 37.7. The van der Waals surface area contributed by atoms with Crippen LogP contribution in [0.15, 0.2) is 24.3 Å². The topological polar surface area (TPSA) is 68.8 Å². The Kier molecular flexibility index (Phi) is 44.6. The number of ether oxygens (including phenoxy) is 3. The highest BCUT2D eigenvalue weighted by Crippen LogP contribution is 2.12. The highest BCUT2D eigenvalue weighted by molar-refractivity contribution is 5.67. The van der Waals surface area contributed by atoms with E-state index in [2.05, 4.69) is 55.7 Å². The molecule has 1 unspecified atom stereocenters. The van der Waals surface area contributed by atoms with Crippen molar-refractivity contribution in [3.05, 3.63) is 24.3 Å². The molecule has 0 rings (SSSR count). The number of carbonyl (C=O) groups excluding carboxylic acids is 1. The van der Waals surface area contributed by atoms with Gasteiger partial charge in [0.2, 0.25) is 0 Å². The largest absolute Gasteiger partial charge is 0.447 e. The van der Waals surface area contributed by atoms with E-state index in [1.165, 1.54) is 173 Å². The summed E-state index contributed by atoms with van der Waals surface area (Å²) in [5.74, 6) is 0. The zero-order valence-corrected chi connectivity index (χ0v) is 35.2. The van der Waals surface area contributed by atoms with E-state index in [1.54, 1.807) is 0 Å². The average molecular weight is 735 g/mol. The summed E-state index contributed by atoms with van der Waals surface area (Å²) in [6.07, 6.45) is 47.7. The Morgan fingerprint density at radius 1 is 0.462 bits per heavy atom. The summed E-state index contributed by atoms with van der Waals surface area (Å²) in [6, 6.07) is 0. The molecular formula is C46H90N2O4. The first kappa shape index (κ1) is 50.6. The monoisotopic (exact) mass is 735 g/mol. The average Bonchev–Trinajstić information content (AvgIpc) is 3.15. The number of amides is 1. The van der Waals surface area contributed by atoms with E-state index in [0.717, 1.165) is 39.0 Å². The molecule has 52 heavy (non-hydrogen) atoms. The molecule has 0 bridgehead atoms. The third kappa shape index (κ3) is 43.0. The van der Waals surface area contributed by atoms with E-state index in [9.17, 15) is 4.79 Å². The summed E-state index contributed by atoms with van der Waals surface area (Å²) in [7, 11) is 0. The molecule has 0 aromatic carbocycles. The van der Waals surface area contributed by atoms with Gasteiger partial charge < -0.3 is 24.8 Å². The van der Waals surface area contributed by atoms with Gasteiger partial charge in [-0.3, -0.25) is 0 Å². The number of carbonyl (C=O) groups is 1. The Hall–Kier alpha value is -1.37. The Morgan fingerprint density at radius 2 is 0.885 bits per heavy atom. The summed E-state index contributed by atoms with van der Waals surface area (Å²) in [4.78, 5) is 12.2. The lowest BCUT2D eigenvalue weighted by molar-refractivity contribution is -0.0468. The predicted molar refractivity (Wildman–Crippen MR) is 227 cm³/mol. The van der Waals surface area contributed by atoms with Gasteiger partial charge >= 0.3 is 6.09 Å². The van der Waals surface area contributed by atoms with Crippen LogP contribution in [0.3, 0.4) is 0 Å². The van der Waals surface area contributed by atoms with Crippen LogP contribution in [0.25, 0.3) is 0 Å². The molecule has 0 aromatic rings. The molecule has 6 heteroatoms. The van der Waals surface area contributed by atoms with Crippen LogP contribution in [0, 0.1) is 0 Å². The second kappa shape index (κ2) is 45.8. The van der Waals surface area contributed by atoms with Crippen molar-refractivity contribution in [2.45, 2.75) is 219 Å². The van der Waals surface area contributed by atoms with Gasteiger partial charge in [0, 0.05) is 26.3 Å². The number of hydrogen-bond donors (Lipinski definition) is 2. The summed E-state index contributed by atoms with van der Waals surface area (Å²) in [5, 5.41) is 6.18. The molecule has 0 aliphatic rings. The second-order valence-corrected chi connectivity index (χ2v) is 15.1. The van der Waals surface area contributed by atoms with E-state index in [4.69, 9.17) is 14.2 Å². The molecular weight excluding hydrogens is 645 g/mol. The van der Waals surface area contributed by atoms with Crippen LogP contribution in [-0.4, -0.2) is 58.3 Å². The molecule has 0 radical (unpaired) electrons. The fourth-order valence-corrected chi connectivity index (χ4v) is 6.31. The first-order valence-corrected chi connectivity index (χ1v) is 22.8.